The van der Waals surface area contributed by atoms with Crippen molar-refractivity contribution < 1.29 is 4.79 Å². The zero-order chi connectivity index (χ0) is 12.4. The van der Waals surface area contributed by atoms with Crippen LogP contribution in [0, 0.1) is 0 Å². The number of benzene rings is 2. The van der Waals surface area contributed by atoms with Crippen LogP contribution < -0.4 is 0 Å². The smallest absolute Gasteiger partial charge is 0.281 e. The van der Waals surface area contributed by atoms with E-state index in [9.17, 15) is 4.79 Å². The van der Waals surface area contributed by atoms with E-state index in [1.807, 2.05) is 11.0 Å². The second kappa shape index (κ2) is 5.02. The second-order valence-corrected chi connectivity index (χ2v) is 5.57. The quantitative estimate of drug-likeness (QED) is 0.813. The van der Waals surface area contributed by atoms with E-state index < -0.39 is 0 Å². The Bertz CT molecular complexity index is 576. The number of thioether (sulfide) groups is 1. The van der Waals surface area contributed by atoms with Gasteiger partial charge in [-0.2, -0.15) is 0 Å². The molecule has 0 aliphatic carbocycles. The minimum atomic E-state index is 0.217. The summed E-state index contributed by atoms with van der Waals surface area (Å²) in [5, 5.41) is 2.71. The van der Waals surface area contributed by atoms with E-state index in [4.69, 9.17) is 0 Å². The predicted molar refractivity (Wildman–Crippen MR) is 76.8 cm³/mol. The molecule has 92 valence electrons. The van der Waals surface area contributed by atoms with Gasteiger partial charge in [0.05, 0.1) is 0 Å². The Hall–Kier alpha value is -1.48. The van der Waals surface area contributed by atoms with Gasteiger partial charge in [-0.25, -0.2) is 0 Å². The van der Waals surface area contributed by atoms with Gasteiger partial charge in [-0.1, -0.05) is 54.2 Å². The van der Waals surface area contributed by atoms with Gasteiger partial charge in [0.2, 0.25) is 0 Å². The van der Waals surface area contributed by atoms with Crippen LogP contribution in [-0.2, 0) is 6.54 Å². The molecule has 1 fully saturated rings. The lowest BCUT2D eigenvalue weighted by Gasteiger charge is -2.26. The lowest BCUT2D eigenvalue weighted by molar-refractivity contribution is 0.219. The third-order valence-electron chi connectivity index (χ3n) is 3.30. The molecule has 0 spiro atoms. The summed E-state index contributed by atoms with van der Waals surface area (Å²) in [6.07, 6.45) is 1.10. The highest BCUT2D eigenvalue weighted by molar-refractivity contribution is 8.13. The molecular weight excluding hydrogens is 242 g/mol. The fraction of sp³-hybridized carbons (Fsp3) is 0.267. The van der Waals surface area contributed by atoms with Gasteiger partial charge in [-0.3, -0.25) is 4.79 Å². The van der Waals surface area contributed by atoms with Gasteiger partial charge in [-0.05, 0) is 22.8 Å². The van der Waals surface area contributed by atoms with Crippen LogP contribution in [0.25, 0.3) is 10.8 Å². The van der Waals surface area contributed by atoms with E-state index >= 15 is 0 Å². The number of rotatable bonds is 2. The first-order valence-corrected chi connectivity index (χ1v) is 7.21. The van der Waals surface area contributed by atoms with Crippen molar-refractivity contribution in [3.63, 3.8) is 0 Å². The number of carbonyl (C=O) groups excluding carboxylic acids is 1. The van der Waals surface area contributed by atoms with Gasteiger partial charge >= 0.3 is 0 Å². The third kappa shape index (κ3) is 2.23. The van der Waals surface area contributed by atoms with Crippen LogP contribution in [0.5, 0.6) is 0 Å². The van der Waals surface area contributed by atoms with Crippen molar-refractivity contribution in [3.05, 3.63) is 48.0 Å². The maximum atomic E-state index is 11.8. The molecule has 1 heterocycles. The average Bonchev–Trinajstić information content (AvgIpc) is 2.42. The minimum absolute atomic E-state index is 0.217. The van der Waals surface area contributed by atoms with Crippen LogP contribution in [0.2, 0.25) is 0 Å². The molecule has 0 radical (unpaired) electrons. The highest BCUT2D eigenvalue weighted by Crippen LogP contribution is 2.24. The van der Waals surface area contributed by atoms with Crippen molar-refractivity contribution in [1.82, 2.24) is 4.90 Å². The van der Waals surface area contributed by atoms with Crippen molar-refractivity contribution >= 4 is 27.8 Å². The van der Waals surface area contributed by atoms with E-state index in [1.165, 1.54) is 28.1 Å². The molecule has 3 heteroatoms. The van der Waals surface area contributed by atoms with Gasteiger partial charge in [-0.15, -0.1) is 0 Å². The molecule has 2 aromatic rings. The summed E-state index contributed by atoms with van der Waals surface area (Å²) in [6.45, 7) is 1.61. The van der Waals surface area contributed by atoms with E-state index in [0.717, 1.165) is 25.3 Å². The molecule has 0 aromatic heterocycles. The Morgan fingerprint density at radius 3 is 2.83 bits per heavy atom. The number of carbonyl (C=O) groups is 1. The van der Waals surface area contributed by atoms with Gasteiger partial charge in [0.15, 0.2) is 0 Å². The molecule has 3 rings (SSSR count). The Balaban J connectivity index is 1.92. The monoisotopic (exact) mass is 257 g/mol. The fourth-order valence-electron chi connectivity index (χ4n) is 2.38. The van der Waals surface area contributed by atoms with Crippen molar-refractivity contribution in [2.24, 2.45) is 0 Å². The van der Waals surface area contributed by atoms with Gasteiger partial charge in [0.1, 0.15) is 0 Å². The summed E-state index contributed by atoms with van der Waals surface area (Å²) >= 11 is 1.44. The molecule has 1 aliphatic heterocycles. The summed E-state index contributed by atoms with van der Waals surface area (Å²) in [4.78, 5) is 13.8. The van der Waals surface area contributed by atoms with E-state index in [2.05, 4.69) is 36.4 Å². The average molecular weight is 257 g/mol. The third-order valence-corrected chi connectivity index (χ3v) is 4.30. The Kier molecular flexibility index (Phi) is 3.24. The van der Waals surface area contributed by atoms with Crippen molar-refractivity contribution in [1.29, 1.82) is 0 Å². The molecule has 18 heavy (non-hydrogen) atoms. The van der Waals surface area contributed by atoms with Crippen molar-refractivity contribution in [2.75, 3.05) is 12.3 Å². The van der Waals surface area contributed by atoms with Gasteiger partial charge < -0.3 is 4.90 Å². The molecule has 1 aliphatic rings. The van der Waals surface area contributed by atoms with Crippen LogP contribution in [0.15, 0.2) is 42.5 Å². The van der Waals surface area contributed by atoms with Gasteiger partial charge in [0, 0.05) is 18.8 Å². The maximum absolute atomic E-state index is 11.8. The Morgan fingerprint density at radius 1 is 1.11 bits per heavy atom. The zero-order valence-electron chi connectivity index (χ0n) is 10.1. The number of amides is 1. The summed E-state index contributed by atoms with van der Waals surface area (Å²) in [7, 11) is 0. The van der Waals surface area contributed by atoms with E-state index in [0.29, 0.717) is 0 Å². The van der Waals surface area contributed by atoms with Crippen molar-refractivity contribution in [2.45, 2.75) is 13.0 Å². The van der Waals surface area contributed by atoms with Crippen LogP contribution in [-0.4, -0.2) is 22.4 Å². The summed E-state index contributed by atoms with van der Waals surface area (Å²) in [5.41, 5.74) is 1.24. The summed E-state index contributed by atoms with van der Waals surface area (Å²) in [6, 6.07) is 14.7. The molecule has 2 nitrogen and oxygen atoms in total. The first kappa shape index (κ1) is 11.6. The second-order valence-electron chi connectivity index (χ2n) is 4.53. The van der Waals surface area contributed by atoms with Crippen molar-refractivity contribution in [3.8, 4) is 0 Å². The highest BCUT2D eigenvalue weighted by atomic mass is 32.2. The number of hydrogen-bond donors (Lipinski definition) is 0. The lowest BCUT2D eigenvalue weighted by atomic mass is 10.0. The molecule has 0 bridgehead atoms. The van der Waals surface area contributed by atoms with Crippen LogP contribution in [0.1, 0.15) is 12.0 Å². The zero-order valence-corrected chi connectivity index (χ0v) is 11.0. The number of fused-ring (bicyclic) bond motifs is 1. The Labute approximate surface area is 111 Å². The van der Waals surface area contributed by atoms with E-state index in [-0.39, 0.29) is 5.24 Å². The van der Waals surface area contributed by atoms with Crippen LogP contribution in [0.3, 0.4) is 0 Å². The molecule has 0 unspecified atom stereocenters. The molecular formula is C15H15NOS. The largest absolute Gasteiger partial charge is 0.329 e. The number of hydrogen-bond acceptors (Lipinski definition) is 2. The first-order chi connectivity index (χ1) is 8.84. The minimum Gasteiger partial charge on any atom is -0.329 e. The summed E-state index contributed by atoms with van der Waals surface area (Å²) in [5.74, 6) is 0.963. The highest BCUT2D eigenvalue weighted by Gasteiger charge is 2.19. The van der Waals surface area contributed by atoms with E-state index in [1.54, 1.807) is 0 Å². The first-order valence-electron chi connectivity index (χ1n) is 6.23. The van der Waals surface area contributed by atoms with Crippen LogP contribution in [0.4, 0.5) is 4.79 Å². The molecule has 0 N–H and O–H groups in total. The predicted octanol–water partition coefficient (Wildman–Crippen LogP) is 3.90. The molecule has 1 saturated heterocycles. The SMILES string of the molecule is O=C1SCCCN1Cc1cccc2ccccc12. The normalized spacial score (nSPS) is 16.2. The molecule has 0 saturated carbocycles. The topological polar surface area (TPSA) is 20.3 Å². The molecule has 0 atom stereocenters. The number of nitrogens with zero attached hydrogens (tertiary/aromatic N) is 1. The maximum Gasteiger partial charge on any atom is 0.281 e. The molecule has 1 amide bonds. The standard InChI is InChI=1S/C15H15NOS/c17-15-16(9-4-10-18-15)11-13-7-3-6-12-5-1-2-8-14(12)13/h1-3,5-8H,4,9-11H2. The van der Waals surface area contributed by atoms with Crippen LogP contribution >= 0.6 is 11.8 Å². The molecule has 2 aromatic carbocycles. The Morgan fingerprint density at radius 2 is 1.94 bits per heavy atom. The van der Waals surface area contributed by atoms with Gasteiger partial charge in [0.25, 0.3) is 5.24 Å². The fourth-order valence-corrected chi connectivity index (χ4v) is 3.16. The lowest BCUT2D eigenvalue weighted by Crippen LogP contribution is -2.32. The summed E-state index contributed by atoms with van der Waals surface area (Å²) < 4.78 is 0.